The first-order chi connectivity index (χ1) is 7.55. The fourth-order valence-corrected chi connectivity index (χ4v) is 3.12. The Morgan fingerprint density at radius 1 is 1.44 bits per heavy atom. The van der Waals surface area contributed by atoms with Gasteiger partial charge in [0.1, 0.15) is 0 Å². The standard InChI is InChI=1S/C11H11BrO3S/c12-10-3-1-2-9(6-10)7-15-11-4-5-16(13,14)8-11/h1-6,11H,7-8H2. The van der Waals surface area contributed by atoms with E-state index in [9.17, 15) is 8.42 Å². The zero-order valence-electron chi connectivity index (χ0n) is 8.47. The van der Waals surface area contributed by atoms with E-state index in [1.54, 1.807) is 6.08 Å². The van der Waals surface area contributed by atoms with Gasteiger partial charge >= 0.3 is 0 Å². The summed E-state index contributed by atoms with van der Waals surface area (Å²) in [5, 5.41) is 1.22. The first-order valence-electron chi connectivity index (χ1n) is 4.82. The van der Waals surface area contributed by atoms with Gasteiger partial charge in [-0.15, -0.1) is 0 Å². The Labute approximate surface area is 103 Å². The maximum Gasteiger partial charge on any atom is 0.174 e. The van der Waals surface area contributed by atoms with Crippen LogP contribution in [-0.2, 0) is 21.2 Å². The number of rotatable bonds is 3. The Hall–Kier alpha value is -0.650. The summed E-state index contributed by atoms with van der Waals surface area (Å²) < 4.78 is 28.7. The Bertz CT molecular complexity index is 508. The zero-order chi connectivity index (χ0) is 11.6. The lowest BCUT2D eigenvalue weighted by Gasteiger charge is -2.09. The van der Waals surface area contributed by atoms with Crippen molar-refractivity contribution in [2.75, 3.05) is 5.75 Å². The second-order valence-corrected chi connectivity index (χ2v) is 6.48. The summed E-state index contributed by atoms with van der Waals surface area (Å²) in [5.41, 5.74) is 1.02. The summed E-state index contributed by atoms with van der Waals surface area (Å²) in [4.78, 5) is 0. The molecule has 1 heterocycles. The molecule has 1 aromatic carbocycles. The third-order valence-corrected chi connectivity index (χ3v) is 4.11. The van der Waals surface area contributed by atoms with E-state index in [-0.39, 0.29) is 11.9 Å². The zero-order valence-corrected chi connectivity index (χ0v) is 10.9. The van der Waals surface area contributed by atoms with E-state index < -0.39 is 9.84 Å². The maximum atomic E-state index is 11.1. The molecule has 1 unspecified atom stereocenters. The molecule has 0 saturated carbocycles. The normalized spacial score (nSPS) is 22.4. The monoisotopic (exact) mass is 302 g/mol. The third kappa shape index (κ3) is 3.17. The van der Waals surface area contributed by atoms with Gasteiger partial charge in [0, 0.05) is 9.88 Å². The average molecular weight is 303 g/mol. The molecule has 0 radical (unpaired) electrons. The quantitative estimate of drug-likeness (QED) is 0.860. The van der Waals surface area contributed by atoms with E-state index in [0.29, 0.717) is 6.61 Å². The van der Waals surface area contributed by atoms with Crippen LogP contribution in [0.5, 0.6) is 0 Å². The third-order valence-electron chi connectivity index (χ3n) is 2.25. The first kappa shape index (κ1) is 11.8. The number of sulfone groups is 1. The highest BCUT2D eigenvalue weighted by Crippen LogP contribution is 2.16. The molecule has 0 aromatic heterocycles. The molecule has 0 saturated heterocycles. The topological polar surface area (TPSA) is 43.4 Å². The first-order valence-corrected chi connectivity index (χ1v) is 7.33. The molecule has 0 fully saturated rings. The van der Waals surface area contributed by atoms with Crippen molar-refractivity contribution in [2.45, 2.75) is 12.7 Å². The molecule has 0 N–H and O–H groups in total. The highest BCUT2D eigenvalue weighted by Gasteiger charge is 2.21. The summed E-state index contributed by atoms with van der Waals surface area (Å²) in [6.45, 7) is 0.421. The van der Waals surface area contributed by atoms with Crippen LogP contribution in [0.3, 0.4) is 0 Å². The Morgan fingerprint density at radius 3 is 2.88 bits per heavy atom. The molecule has 1 atom stereocenters. The molecule has 0 spiro atoms. The highest BCUT2D eigenvalue weighted by molar-refractivity contribution is 9.10. The van der Waals surface area contributed by atoms with Gasteiger partial charge in [0.05, 0.1) is 18.5 Å². The smallest absolute Gasteiger partial charge is 0.174 e. The van der Waals surface area contributed by atoms with Crippen molar-refractivity contribution in [3.8, 4) is 0 Å². The van der Waals surface area contributed by atoms with E-state index in [4.69, 9.17) is 4.74 Å². The highest BCUT2D eigenvalue weighted by atomic mass is 79.9. The van der Waals surface area contributed by atoms with Crippen molar-refractivity contribution in [3.05, 3.63) is 45.8 Å². The molecule has 5 heteroatoms. The van der Waals surface area contributed by atoms with Crippen molar-refractivity contribution >= 4 is 25.8 Å². The van der Waals surface area contributed by atoms with Gasteiger partial charge in [-0.05, 0) is 23.8 Å². The van der Waals surface area contributed by atoms with Gasteiger partial charge in [-0.25, -0.2) is 8.42 Å². The lowest BCUT2D eigenvalue weighted by molar-refractivity contribution is 0.0876. The van der Waals surface area contributed by atoms with E-state index >= 15 is 0 Å². The van der Waals surface area contributed by atoms with Crippen molar-refractivity contribution in [3.63, 3.8) is 0 Å². The largest absolute Gasteiger partial charge is 0.368 e. The van der Waals surface area contributed by atoms with E-state index in [1.165, 1.54) is 5.41 Å². The summed E-state index contributed by atoms with van der Waals surface area (Å²) in [7, 11) is -3.02. The van der Waals surface area contributed by atoms with Crippen LogP contribution in [0.25, 0.3) is 0 Å². The molecule has 0 aliphatic carbocycles. The molecular weight excluding hydrogens is 292 g/mol. The maximum absolute atomic E-state index is 11.1. The predicted molar refractivity (Wildman–Crippen MR) is 65.6 cm³/mol. The van der Waals surface area contributed by atoms with Crippen LogP contribution in [0.4, 0.5) is 0 Å². The number of benzene rings is 1. The van der Waals surface area contributed by atoms with Gasteiger partial charge in [0.15, 0.2) is 9.84 Å². The molecular formula is C11H11BrO3S. The van der Waals surface area contributed by atoms with Crippen molar-refractivity contribution in [2.24, 2.45) is 0 Å². The number of hydrogen-bond acceptors (Lipinski definition) is 3. The molecule has 1 aliphatic heterocycles. The van der Waals surface area contributed by atoms with Gasteiger partial charge in [-0.3, -0.25) is 0 Å². The Balaban J connectivity index is 1.92. The van der Waals surface area contributed by atoms with Crippen LogP contribution in [-0.4, -0.2) is 20.3 Å². The molecule has 1 aliphatic rings. The van der Waals surface area contributed by atoms with Crippen LogP contribution in [0.2, 0.25) is 0 Å². The summed E-state index contributed by atoms with van der Waals surface area (Å²) in [6.07, 6.45) is 1.27. The lowest BCUT2D eigenvalue weighted by Crippen LogP contribution is -2.14. The van der Waals surface area contributed by atoms with Crippen molar-refractivity contribution in [1.29, 1.82) is 0 Å². The summed E-state index contributed by atoms with van der Waals surface area (Å²) in [5.74, 6) is 0.0566. The van der Waals surface area contributed by atoms with Gasteiger partial charge in [-0.1, -0.05) is 28.1 Å². The van der Waals surface area contributed by atoms with E-state index in [1.807, 2.05) is 24.3 Å². The molecule has 0 amide bonds. The molecule has 1 aromatic rings. The van der Waals surface area contributed by atoms with Crippen LogP contribution < -0.4 is 0 Å². The van der Waals surface area contributed by atoms with Crippen molar-refractivity contribution in [1.82, 2.24) is 0 Å². The lowest BCUT2D eigenvalue weighted by atomic mass is 10.2. The minimum Gasteiger partial charge on any atom is -0.368 e. The Kier molecular flexibility index (Phi) is 3.47. The van der Waals surface area contributed by atoms with Crippen LogP contribution >= 0.6 is 15.9 Å². The fraction of sp³-hybridized carbons (Fsp3) is 0.273. The number of ether oxygens (including phenoxy) is 1. The minimum atomic E-state index is -3.02. The predicted octanol–water partition coefficient (Wildman–Crippen LogP) is 2.28. The van der Waals surface area contributed by atoms with Gasteiger partial charge in [0.2, 0.25) is 0 Å². The fourth-order valence-electron chi connectivity index (χ4n) is 1.48. The Morgan fingerprint density at radius 2 is 2.25 bits per heavy atom. The van der Waals surface area contributed by atoms with Gasteiger partial charge in [0.25, 0.3) is 0 Å². The minimum absolute atomic E-state index is 0.0566. The molecule has 2 rings (SSSR count). The molecule has 86 valence electrons. The molecule has 0 bridgehead atoms. The van der Waals surface area contributed by atoms with E-state index in [2.05, 4.69) is 15.9 Å². The van der Waals surface area contributed by atoms with Crippen LogP contribution in [0.1, 0.15) is 5.56 Å². The SMILES string of the molecule is O=S1(=O)C=CC(OCc2cccc(Br)c2)C1. The van der Waals surface area contributed by atoms with Gasteiger partial charge in [-0.2, -0.15) is 0 Å². The summed E-state index contributed by atoms with van der Waals surface area (Å²) in [6, 6.07) is 7.75. The average Bonchev–Trinajstić information content (AvgIpc) is 2.56. The molecule has 3 nitrogen and oxygen atoms in total. The number of halogens is 1. The molecule has 16 heavy (non-hydrogen) atoms. The second kappa shape index (κ2) is 4.69. The van der Waals surface area contributed by atoms with Crippen molar-refractivity contribution < 1.29 is 13.2 Å². The second-order valence-electron chi connectivity index (χ2n) is 3.64. The number of hydrogen-bond donors (Lipinski definition) is 0. The van der Waals surface area contributed by atoms with Gasteiger partial charge < -0.3 is 4.74 Å². The summed E-state index contributed by atoms with van der Waals surface area (Å²) >= 11 is 3.37. The van der Waals surface area contributed by atoms with Crippen LogP contribution in [0, 0.1) is 0 Å². The van der Waals surface area contributed by atoms with E-state index in [0.717, 1.165) is 10.0 Å². The van der Waals surface area contributed by atoms with Crippen LogP contribution in [0.15, 0.2) is 40.2 Å².